The summed E-state index contributed by atoms with van der Waals surface area (Å²) >= 11 is 0. The minimum Gasteiger partial charge on any atom is -0.489 e. The number of nitrogens with one attached hydrogen (secondary N) is 1. The lowest BCUT2D eigenvalue weighted by Gasteiger charge is -2.11. The van der Waals surface area contributed by atoms with Crippen LogP contribution in [0.4, 0.5) is 11.5 Å². The van der Waals surface area contributed by atoms with Crippen LogP contribution in [0, 0.1) is 17.0 Å². The van der Waals surface area contributed by atoms with Crippen LogP contribution in [0.15, 0.2) is 24.5 Å². The Labute approximate surface area is 119 Å². The molecule has 2 rings (SSSR count). The maximum absolute atomic E-state index is 11.0. The maximum Gasteiger partial charge on any atom is 0.311 e. The van der Waals surface area contributed by atoms with Gasteiger partial charge in [0.15, 0.2) is 5.82 Å². The Morgan fingerprint density at radius 2 is 2.14 bits per heavy atom. The molecule has 0 saturated heterocycles. The van der Waals surface area contributed by atoms with Crippen LogP contribution in [0.2, 0.25) is 0 Å². The molecule has 9 nitrogen and oxygen atoms in total. The lowest BCUT2D eigenvalue weighted by molar-refractivity contribution is -0.385. The van der Waals surface area contributed by atoms with Crippen molar-refractivity contribution in [3.63, 3.8) is 0 Å². The van der Waals surface area contributed by atoms with Gasteiger partial charge in [-0.1, -0.05) is 6.07 Å². The third-order valence-corrected chi connectivity index (χ3v) is 2.63. The molecule has 0 saturated carbocycles. The van der Waals surface area contributed by atoms with Gasteiger partial charge in [0.05, 0.1) is 12.0 Å². The first-order valence-corrected chi connectivity index (χ1v) is 5.85. The van der Waals surface area contributed by atoms with E-state index in [1.807, 2.05) is 0 Å². The van der Waals surface area contributed by atoms with Gasteiger partial charge in [-0.3, -0.25) is 10.1 Å². The van der Waals surface area contributed by atoms with Crippen molar-refractivity contribution in [3.8, 4) is 17.4 Å². The zero-order chi connectivity index (χ0) is 15.4. The average Bonchev–Trinajstić information content (AvgIpc) is 2.46. The van der Waals surface area contributed by atoms with Crippen molar-refractivity contribution >= 4 is 11.5 Å². The fraction of sp³-hybridized carbons (Fsp3) is 0.167. The number of anilines is 1. The second kappa shape index (κ2) is 6.01. The van der Waals surface area contributed by atoms with Crippen LogP contribution in [-0.4, -0.2) is 22.0 Å². The summed E-state index contributed by atoms with van der Waals surface area (Å²) in [7, 11) is 1.39. The molecule has 0 radical (unpaired) electrons. The van der Waals surface area contributed by atoms with E-state index in [-0.39, 0.29) is 28.9 Å². The van der Waals surface area contributed by atoms with Crippen LogP contribution in [-0.2, 0) is 0 Å². The fourth-order valence-corrected chi connectivity index (χ4v) is 1.68. The minimum atomic E-state index is -0.537. The van der Waals surface area contributed by atoms with Crippen molar-refractivity contribution in [1.29, 1.82) is 0 Å². The van der Waals surface area contributed by atoms with Crippen LogP contribution >= 0.6 is 0 Å². The van der Waals surface area contributed by atoms with E-state index in [0.717, 1.165) is 5.56 Å². The molecule has 9 heteroatoms. The molecule has 0 aliphatic rings. The molecule has 0 unspecified atom stereocenters. The molecule has 0 aliphatic heterocycles. The molecule has 0 atom stereocenters. The number of nitro benzene ring substituents is 1. The predicted octanol–water partition coefficient (Wildman–Crippen LogP) is 1.78. The van der Waals surface area contributed by atoms with Crippen LogP contribution < -0.4 is 20.7 Å². The highest BCUT2D eigenvalue weighted by Gasteiger charge is 2.20. The molecule has 0 bridgehead atoms. The van der Waals surface area contributed by atoms with E-state index in [4.69, 9.17) is 15.3 Å². The Kier molecular flexibility index (Phi) is 4.14. The smallest absolute Gasteiger partial charge is 0.311 e. The topological polar surface area (TPSA) is 125 Å². The monoisotopic (exact) mass is 291 g/mol. The second-order valence-corrected chi connectivity index (χ2v) is 4.04. The Balaban J connectivity index is 2.47. The van der Waals surface area contributed by atoms with E-state index in [2.05, 4.69) is 15.4 Å². The summed E-state index contributed by atoms with van der Waals surface area (Å²) in [5.74, 6) is 5.74. The van der Waals surface area contributed by atoms with Gasteiger partial charge in [-0.2, -0.15) is 4.98 Å². The predicted molar refractivity (Wildman–Crippen MR) is 74.3 cm³/mol. The van der Waals surface area contributed by atoms with E-state index in [9.17, 15) is 10.1 Å². The largest absolute Gasteiger partial charge is 0.489 e. The SMILES string of the molecule is COc1c(NN)ncnc1Oc1cc(C)ccc1[N+](=O)[O-]. The molecule has 21 heavy (non-hydrogen) atoms. The molecule has 0 aliphatic carbocycles. The normalized spacial score (nSPS) is 10.0. The number of nitro groups is 1. The molecule has 1 aromatic carbocycles. The van der Waals surface area contributed by atoms with Crippen molar-refractivity contribution in [1.82, 2.24) is 9.97 Å². The summed E-state index contributed by atoms with van der Waals surface area (Å²) in [5, 5.41) is 11.0. The van der Waals surface area contributed by atoms with Crippen molar-refractivity contribution in [2.75, 3.05) is 12.5 Å². The summed E-state index contributed by atoms with van der Waals surface area (Å²) < 4.78 is 10.6. The molecule has 0 amide bonds. The molecule has 110 valence electrons. The molecule has 1 heterocycles. The molecule has 2 aromatic rings. The van der Waals surface area contributed by atoms with Crippen LogP contribution in [0.5, 0.6) is 17.4 Å². The summed E-state index contributed by atoms with van der Waals surface area (Å²) in [6.45, 7) is 1.79. The summed E-state index contributed by atoms with van der Waals surface area (Å²) in [6, 6.07) is 4.52. The number of hydrogen-bond donors (Lipinski definition) is 2. The lowest BCUT2D eigenvalue weighted by atomic mass is 10.2. The number of nitrogens with two attached hydrogens (primary N) is 1. The van der Waals surface area contributed by atoms with Gasteiger partial charge in [0.1, 0.15) is 6.33 Å². The van der Waals surface area contributed by atoms with Crippen molar-refractivity contribution in [3.05, 3.63) is 40.2 Å². The number of nitrogens with zero attached hydrogens (tertiary/aromatic N) is 3. The molecular weight excluding hydrogens is 278 g/mol. The zero-order valence-corrected chi connectivity index (χ0v) is 11.4. The Hall–Kier alpha value is -2.94. The van der Waals surface area contributed by atoms with Gasteiger partial charge >= 0.3 is 5.69 Å². The van der Waals surface area contributed by atoms with Crippen LogP contribution in [0.1, 0.15) is 5.56 Å². The Bertz CT molecular complexity index is 677. The number of hydrazine groups is 1. The molecule has 1 aromatic heterocycles. The number of ether oxygens (including phenoxy) is 2. The first-order valence-electron chi connectivity index (χ1n) is 5.85. The van der Waals surface area contributed by atoms with Gasteiger partial charge in [0.2, 0.25) is 11.5 Å². The number of methoxy groups -OCH3 is 1. The van der Waals surface area contributed by atoms with Crippen LogP contribution in [0.3, 0.4) is 0 Å². The van der Waals surface area contributed by atoms with Gasteiger partial charge in [-0.15, -0.1) is 0 Å². The first kappa shape index (κ1) is 14.5. The van der Waals surface area contributed by atoms with Gasteiger partial charge in [0.25, 0.3) is 5.88 Å². The van der Waals surface area contributed by atoms with Gasteiger partial charge < -0.3 is 14.9 Å². The standard InChI is InChI=1S/C12H13N5O4/c1-7-3-4-8(17(18)19)9(5-7)21-12-10(20-2)11(16-13)14-6-15-12/h3-6H,13H2,1-2H3,(H,14,15,16). The molecule has 3 N–H and O–H groups in total. The number of rotatable bonds is 5. The van der Waals surface area contributed by atoms with Crippen molar-refractivity contribution < 1.29 is 14.4 Å². The minimum absolute atomic E-state index is 0.0224. The van der Waals surface area contributed by atoms with Gasteiger partial charge in [0, 0.05) is 6.07 Å². The highest BCUT2D eigenvalue weighted by molar-refractivity contribution is 5.57. The Morgan fingerprint density at radius 1 is 1.38 bits per heavy atom. The summed E-state index contributed by atoms with van der Waals surface area (Å²) in [4.78, 5) is 18.3. The van der Waals surface area contributed by atoms with E-state index in [0.29, 0.717) is 0 Å². The third-order valence-electron chi connectivity index (χ3n) is 2.63. The molecular formula is C12H13N5O4. The molecule has 0 fully saturated rings. The van der Waals surface area contributed by atoms with Crippen LogP contribution in [0.25, 0.3) is 0 Å². The quantitative estimate of drug-likeness (QED) is 0.485. The number of aryl methyl sites for hydroxylation is 1. The van der Waals surface area contributed by atoms with E-state index >= 15 is 0 Å². The number of benzene rings is 1. The van der Waals surface area contributed by atoms with E-state index < -0.39 is 4.92 Å². The summed E-state index contributed by atoms with van der Waals surface area (Å²) in [6.07, 6.45) is 1.20. The fourth-order valence-electron chi connectivity index (χ4n) is 1.68. The highest BCUT2D eigenvalue weighted by atomic mass is 16.6. The average molecular weight is 291 g/mol. The Morgan fingerprint density at radius 3 is 2.76 bits per heavy atom. The first-order chi connectivity index (χ1) is 10.1. The summed E-state index contributed by atoms with van der Waals surface area (Å²) in [5.41, 5.74) is 2.96. The molecule has 0 spiro atoms. The zero-order valence-electron chi connectivity index (χ0n) is 11.4. The second-order valence-electron chi connectivity index (χ2n) is 4.04. The maximum atomic E-state index is 11.0. The van der Waals surface area contributed by atoms with Gasteiger partial charge in [-0.25, -0.2) is 10.8 Å². The number of hydrogen-bond acceptors (Lipinski definition) is 8. The van der Waals surface area contributed by atoms with Gasteiger partial charge in [-0.05, 0) is 18.6 Å². The van der Waals surface area contributed by atoms with E-state index in [1.54, 1.807) is 13.0 Å². The highest BCUT2D eigenvalue weighted by Crippen LogP contribution is 2.37. The van der Waals surface area contributed by atoms with Crippen molar-refractivity contribution in [2.24, 2.45) is 5.84 Å². The third kappa shape index (κ3) is 2.98. The van der Waals surface area contributed by atoms with E-state index in [1.165, 1.54) is 25.6 Å². The van der Waals surface area contributed by atoms with Crippen molar-refractivity contribution in [2.45, 2.75) is 6.92 Å². The number of aromatic nitrogens is 2. The lowest BCUT2D eigenvalue weighted by Crippen LogP contribution is -2.11. The number of nitrogen functional groups attached to an aromatic ring is 1.